The van der Waals surface area contributed by atoms with Crippen molar-refractivity contribution in [3.63, 3.8) is 0 Å². The normalized spacial score (nSPS) is 12.7. The summed E-state index contributed by atoms with van der Waals surface area (Å²) < 4.78 is 44.0. The Morgan fingerprint density at radius 2 is 1.90 bits per heavy atom. The predicted molar refractivity (Wildman–Crippen MR) is 66.2 cm³/mol. The minimum Gasteiger partial charge on any atom is -0.339 e. The highest BCUT2D eigenvalue weighted by Gasteiger charge is 2.15. The van der Waals surface area contributed by atoms with Crippen molar-refractivity contribution in [2.45, 2.75) is 32.2 Å². The van der Waals surface area contributed by atoms with E-state index in [-0.39, 0.29) is 17.4 Å². The summed E-state index contributed by atoms with van der Waals surface area (Å²) in [6, 6.07) is 1.74. The van der Waals surface area contributed by atoms with Crippen LogP contribution >= 0.6 is 0 Å². The van der Waals surface area contributed by atoms with E-state index < -0.39 is 17.5 Å². The topological polar surface area (TPSA) is 64.9 Å². The third kappa shape index (κ3) is 3.36. The molecule has 0 radical (unpaired) electrons. The van der Waals surface area contributed by atoms with E-state index in [1.807, 2.05) is 6.92 Å². The third-order valence-corrected chi connectivity index (χ3v) is 2.76. The maximum Gasteiger partial charge on any atom is 0.226 e. The summed E-state index contributed by atoms with van der Waals surface area (Å²) in [6.45, 7) is 1.89. The van der Waals surface area contributed by atoms with E-state index in [0.29, 0.717) is 12.3 Å². The number of nitrogens with two attached hydrogens (primary N) is 1. The molecule has 0 spiro atoms. The zero-order chi connectivity index (χ0) is 14.7. The molecule has 0 bridgehead atoms. The van der Waals surface area contributed by atoms with Gasteiger partial charge in [0.1, 0.15) is 0 Å². The van der Waals surface area contributed by atoms with Crippen LogP contribution in [0.2, 0.25) is 0 Å². The van der Waals surface area contributed by atoms with E-state index in [0.717, 1.165) is 25.0 Å². The van der Waals surface area contributed by atoms with Crippen LogP contribution in [-0.4, -0.2) is 16.2 Å². The van der Waals surface area contributed by atoms with Crippen molar-refractivity contribution < 1.29 is 17.7 Å². The first kappa shape index (κ1) is 14.5. The molecule has 1 heterocycles. The van der Waals surface area contributed by atoms with Gasteiger partial charge in [0.05, 0.1) is 0 Å². The number of rotatable bonds is 5. The summed E-state index contributed by atoms with van der Waals surface area (Å²) in [5.74, 6) is -3.72. The van der Waals surface area contributed by atoms with E-state index in [1.165, 1.54) is 0 Å². The molecule has 0 aliphatic carbocycles. The molecule has 0 aliphatic rings. The van der Waals surface area contributed by atoms with Crippen LogP contribution in [-0.2, 0) is 6.42 Å². The minimum atomic E-state index is -1.52. The van der Waals surface area contributed by atoms with E-state index in [4.69, 9.17) is 10.3 Å². The molecule has 4 nitrogen and oxygen atoms in total. The average molecular weight is 285 g/mol. The zero-order valence-electron chi connectivity index (χ0n) is 10.9. The number of aryl methyl sites for hydroxylation is 1. The van der Waals surface area contributed by atoms with Gasteiger partial charge in [-0.15, -0.1) is 0 Å². The van der Waals surface area contributed by atoms with Crippen LogP contribution in [0, 0.1) is 17.5 Å². The van der Waals surface area contributed by atoms with E-state index in [9.17, 15) is 13.2 Å². The first-order valence-electron chi connectivity index (χ1n) is 6.20. The first-order chi connectivity index (χ1) is 9.47. The van der Waals surface area contributed by atoms with Gasteiger partial charge in [-0.25, -0.2) is 13.2 Å². The second-order valence-corrected chi connectivity index (χ2v) is 4.64. The Kier molecular flexibility index (Phi) is 4.39. The van der Waals surface area contributed by atoms with Crippen molar-refractivity contribution in [3.05, 3.63) is 35.5 Å². The van der Waals surface area contributed by atoms with Crippen LogP contribution in [0.3, 0.4) is 0 Å². The molecule has 1 atom stereocenters. The number of aromatic nitrogens is 2. The van der Waals surface area contributed by atoms with Gasteiger partial charge in [-0.2, -0.15) is 4.98 Å². The fourth-order valence-corrected chi connectivity index (χ4v) is 1.73. The average Bonchev–Trinajstić information content (AvgIpc) is 2.83. The van der Waals surface area contributed by atoms with Crippen LogP contribution in [0.25, 0.3) is 11.4 Å². The van der Waals surface area contributed by atoms with Crippen LogP contribution in [0.1, 0.15) is 25.7 Å². The van der Waals surface area contributed by atoms with Crippen LogP contribution in [0.4, 0.5) is 13.2 Å². The zero-order valence-corrected chi connectivity index (χ0v) is 10.9. The van der Waals surface area contributed by atoms with Crippen molar-refractivity contribution in [2.24, 2.45) is 5.73 Å². The third-order valence-electron chi connectivity index (χ3n) is 2.76. The molecular weight excluding hydrogens is 271 g/mol. The highest BCUT2D eigenvalue weighted by Crippen LogP contribution is 2.21. The maximum absolute atomic E-state index is 13.1. The van der Waals surface area contributed by atoms with Crippen LogP contribution in [0.15, 0.2) is 16.7 Å². The fraction of sp³-hybridized carbons (Fsp3) is 0.385. The smallest absolute Gasteiger partial charge is 0.226 e. The molecule has 20 heavy (non-hydrogen) atoms. The molecule has 0 fully saturated rings. The maximum atomic E-state index is 13.1. The molecule has 0 amide bonds. The summed E-state index contributed by atoms with van der Waals surface area (Å²) in [5, 5.41) is 3.62. The Hall–Kier alpha value is -1.89. The lowest BCUT2D eigenvalue weighted by Crippen LogP contribution is -2.14. The molecule has 0 aliphatic heterocycles. The highest BCUT2D eigenvalue weighted by molar-refractivity contribution is 5.54. The summed E-state index contributed by atoms with van der Waals surface area (Å²) in [5.41, 5.74) is 5.65. The van der Waals surface area contributed by atoms with Gasteiger partial charge in [0, 0.05) is 18.0 Å². The Morgan fingerprint density at radius 3 is 2.50 bits per heavy atom. The van der Waals surface area contributed by atoms with Gasteiger partial charge >= 0.3 is 0 Å². The molecule has 2 N–H and O–H groups in total. The summed E-state index contributed by atoms with van der Waals surface area (Å²) in [6.07, 6.45) is 2.10. The van der Waals surface area contributed by atoms with Gasteiger partial charge in [0.2, 0.25) is 11.7 Å². The summed E-state index contributed by atoms with van der Waals surface area (Å²) in [7, 11) is 0. The minimum absolute atomic E-state index is 0.0265. The lowest BCUT2D eigenvalue weighted by molar-refractivity contribution is 0.373. The molecule has 108 valence electrons. The number of benzene rings is 1. The Bertz CT molecular complexity index is 575. The van der Waals surface area contributed by atoms with Gasteiger partial charge in [-0.05, 0) is 31.9 Å². The molecule has 7 heteroatoms. The summed E-state index contributed by atoms with van der Waals surface area (Å²) >= 11 is 0. The van der Waals surface area contributed by atoms with E-state index >= 15 is 0 Å². The van der Waals surface area contributed by atoms with Crippen molar-refractivity contribution in [1.82, 2.24) is 10.1 Å². The Morgan fingerprint density at radius 1 is 1.25 bits per heavy atom. The summed E-state index contributed by atoms with van der Waals surface area (Å²) in [4.78, 5) is 4.01. The van der Waals surface area contributed by atoms with Crippen molar-refractivity contribution >= 4 is 0 Å². The van der Waals surface area contributed by atoms with Crippen LogP contribution < -0.4 is 5.73 Å². The predicted octanol–water partition coefficient (Wildman–Crippen LogP) is 2.82. The van der Waals surface area contributed by atoms with Gasteiger partial charge in [0.15, 0.2) is 17.5 Å². The molecule has 2 rings (SSSR count). The van der Waals surface area contributed by atoms with Gasteiger partial charge < -0.3 is 10.3 Å². The molecule has 1 aromatic heterocycles. The van der Waals surface area contributed by atoms with Crippen molar-refractivity contribution in [3.8, 4) is 11.4 Å². The molecule has 1 aromatic carbocycles. The second-order valence-electron chi connectivity index (χ2n) is 4.64. The number of halogens is 3. The van der Waals surface area contributed by atoms with Crippen LogP contribution in [0.5, 0.6) is 0 Å². The number of hydrogen-bond donors (Lipinski definition) is 1. The first-order valence-corrected chi connectivity index (χ1v) is 6.20. The molecule has 1 unspecified atom stereocenters. The van der Waals surface area contributed by atoms with Crippen molar-refractivity contribution in [2.75, 3.05) is 0 Å². The molecule has 0 saturated carbocycles. The quantitative estimate of drug-likeness (QED) is 0.858. The Labute approximate surface area is 113 Å². The largest absolute Gasteiger partial charge is 0.339 e. The van der Waals surface area contributed by atoms with Crippen molar-refractivity contribution in [1.29, 1.82) is 0 Å². The number of nitrogens with zero attached hydrogens (tertiary/aromatic N) is 2. The van der Waals surface area contributed by atoms with Gasteiger partial charge in [-0.3, -0.25) is 0 Å². The molecule has 2 aromatic rings. The SMILES string of the molecule is CC(N)CCCc1nc(-c2cc(F)c(F)c(F)c2)no1. The molecule has 0 saturated heterocycles. The van der Waals surface area contributed by atoms with Gasteiger partial charge in [0.25, 0.3) is 0 Å². The highest BCUT2D eigenvalue weighted by atomic mass is 19.2. The van der Waals surface area contributed by atoms with E-state index in [2.05, 4.69) is 10.1 Å². The monoisotopic (exact) mass is 285 g/mol. The second kappa shape index (κ2) is 6.04. The Balaban J connectivity index is 2.12. The lowest BCUT2D eigenvalue weighted by Gasteiger charge is -2.01. The van der Waals surface area contributed by atoms with Gasteiger partial charge in [-0.1, -0.05) is 5.16 Å². The van der Waals surface area contributed by atoms with E-state index in [1.54, 1.807) is 0 Å². The number of hydrogen-bond acceptors (Lipinski definition) is 4. The fourth-order valence-electron chi connectivity index (χ4n) is 1.73. The lowest BCUT2D eigenvalue weighted by atomic mass is 10.1. The standard InChI is InChI=1S/C13H14F3N3O/c1-7(17)3-2-4-11-18-13(19-20-11)8-5-9(14)12(16)10(15)6-8/h5-7H,2-4,17H2,1H3. The molecular formula is C13H14F3N3O.